The second kappa shape index (κ2) is 12.2. The Morgan fingerprint density at radius 2 is 1.56 bits per heavy atom. The van der Waals surface area contributed by atoms with Crippen LogP contribution in [0.1, 0.15) is 26.3 Å². The number of anilines is 2. The summed E-state index contributed by atoms with van der Waals surface area (Å²) in [6.45, 7) is 1.77. The van der Waals surface area contributed by atoms with Crippen molar-refractivity contribution < 1.29 is 32.3 Å². The highest BCUT2D eigenvalue weighted by Crippen LogP contribution is 2.30. The predicted molar refractivity (Wildman–Crippen MR) is 150 cm³/mol. The standard InChI is InChI=1S/C28H24F3N5O4S/c1-17-23(33-36(3)24(17)32-25(37)19-11-15-22(16-12-19)40-28(29,30)31)18-9-13-21(14-10-18)35(2)27(39)34-41-26(38)20-7-5-4-6-8-20/h4-16H,1-3H3,(H,32,37)(H,34,39). The molecule has 0 atom stereocenters. The summed E-state index contributed by atoms with van der Waals surface area (Å²) in [6.07, 6.45) is -4.83. The lowest BCUT2D eigenvalue weighted by Gasteiger charge is -2.17. The molecule has 1 aromatic heterocycles. The number of nitrogens with one attached hydrogen (secondary N) is 2. The molecule has 0 fully saturated rings. The molecular weight excluding hydrogens is 559 g/mol. The van der Waals surface area contributed by atoms with E-state index in [9.17, 15) is 27.6 Å². The molecule has 4 rings (SSSR count). The van der Waals surface area contributed by atoms with Crippen LogP contribution < -0.4 is 19.7 Å². The Labute approximate surface area is 237 Å². The van der Waals surface area contributed by atoms with Crippen LogP contribution in [0.15, 0.2) is 78.9 Å². The van der Waals surface area contributed by atoms with Crippen LogP contribution in [0.5, 0.6) is 5.75 Å². The molecule has 0 saturated carbocycles. The maximum absolute atomic E-state index is 12.7. The first kappa shape index (κ1) is 29.2. The van der Waals surface area contributed by atoms with Crippen molar-refractivity contribution in [2.24, 2.45) is 7.05 Å². The van der Waals surface area contributed by atoms with Crippen LogP contribution in [0.25, 0.3) is 11.3 Å². The molecule has 2 N–H and O–H groups in total. The SMILES string of the molecule is Cc1c(-c2ccc(N(C)C(=O)NSC(=O)c3ccccc3)cc2)nn(C)c1NC(=O)c1ccc(OC(F)(F)F)cc1. The number of hydrogen-bond donors (Lipinski definition) is 2. The average molecular weight is 584 g/mol. The number of amides is 3. The van der Waals surface area contributed by atoms with Gasteiger partial charge in [0.05, 0.1) is 5.69 Å². The molecule has 13 heteroatoms. The summed E-state index contributed by atoms with van der Waals surface area (Å²) in [7, 11) is 3.21. The number of halogens is 3. The van der Waals surface area contributed by atoms with E-state index in [4.69, 9.17) is 0 Å². The zero-order chi connectivity index (χ0) is 29.7. The third-order valence-electron chi connectivity index (χ3n) is 5.94. The highest BCUT2D eigenvalue weighted by molar-refractivity contribution is 8.12. The van der Waals surface area contributed by atoms with Crippen LogP contribution in [0.2, 0.25) is 0 Å². The number of benzene rings is 3. The molecule has 4 aromatic rings. The fourth-order valence-corrected chi connectivity index (χ4v) is 4.39. The Balaban J connectivity index is 1.41. The normalized spacial score (nSPS) is 11.1. The monoisotopic (exact) mass is 583 g/mol. The van der Waals surface area contributed by atoms with Gasteiger partial charge >= 0.3 is 12.4 Å². The highest BCUT2D eigenvalue weighted by atomic mass is 32.2. The molecule has 41 heavy (non-hydrogen) atoms. The van der Waals surface area contributed by atoms with E-state index < -0.39 is 24.1 Å². The number of urea groups is 1. The maximum Gasteiger partial charge on any atom is 0.573 e. The van der Waals surface area contributed by atoms with Crippen molar-refractivity contribution in [3.63, 3.8) is 0 Å². The highest BCUT2D eigenvalue weighted by Gasteiger charge is 2.31. The van der Waals surface area contributed by atoms with Crippen LogP contribution in [-0.2, 0) is 7.05 Å². The van der Waals surface area contributed by atoms with Crippen LogP contribution in [-0.4, -0.2) is 40.2 Å². The summed E-state index contributed by atoms with van der Waals surface area (Å²) in [4.78, 5) is 38.9. The second-order valence-electron chi connectivity index (χ2n) is 8.74. The van der Waals surface area contributed by atoms with Gasteiger partial charge in [-0.2, -0.15) is 5.10 Å². The molecule has 0 unspecified atom stereocenters. The lowest BCUT2D eigenvalue weighted by atomic mass is 10.1. The first-order valence-corrected chi connectivity index (χ1v) is 12.9. The molecule has 0 spiro atoms. The third kappa shape index (κ3) is 7.25. The number of aromatic nitrogens is 2. The molecule has 3 aromatic carbocycles. The van der Waals surface area contributed by atoms with Gasteiger partial charge in [-0.1, -0.05) is 42.5 Å². The van der Waals surface area contributed by atoms with Crippen molar-refractivity contribution in [1.82, 2.24) is 14.5 Å². The van der Waals surface area contributed by atoms with Gasteiger partial charge in [0.2, 0.25) is 5.12 Å². The van der Waals surface area contributed by atoms with E-state index in [2.05, 4.69) is 19.9 Å². The predicted octanol–water partition coefficient (Wildman–Crippen LogP) is 6.18. The Hall–Kier alpha value is -4.78. The van der Waals surface area contributed by atoms with Crippen LogP contribution >= 0.6 is 11.9 Å². The van der Waals surface area contributed by atoms with E-state index in [0.29, 0.717) is 40.3 Å². The van der Waals surface area contributed by atoms with Gasteiger partial charge in [0, 0.05) is 54.0 Å². The van der Waals surface area contributed by atoms with Gasteiger partial charge in [-0.25, -0.2) is 4.79 Å². The molecule has 0 aliphatic heterocycles. The maximum atomic E-state index is 12.7. The summed E-state index contributed by atoms with van der Waals surface area (Å²) in [5.74, 6) is -0.562. The molecule has 0 radical (unpaired) electrons. The molecule has 0 aliphatic rings. The lowest BCUT2D eigenvalue weighted by Crippen LogP contribution is -2.34. The number of ether oxygens (including phenoxy) is 1. The molecule has 0 saturated heterocycles. The number of rotatable bonds is 6. The summed E-state index contributed by atoms with van der Waals surface area (Å²) in [5, 5.41) is 6.94. The van der Waals surface area contributed by atoms with Crippen LogP contribution in [0.3, 0.4) is 0 Å². The van der Waals surface area contributed by atoms with Crippen molar-refractivity contribution in [3.8, 4) is 17.0 Å². The Morgan fingerprint density at radius 1 is 0.927 bits per heavy atom. The van der Waals surface area contributed by atoms with Crippen molar-refractivity contribution in [3.05, 3.63) is 95.6 Å². The van der Waals surface area contributed by atoms with Gasteiger partial charge in [-0.05, 0) is 43.3 Å². The smallest absolute Gasteiger partial charge is 0.406 e. The van der Waals surface area contributed by atoms with Crippen LogP contribution in [0, 0.1) is 6.92 Å². The van der Waals surface area contributed by atoms with Gasteiger partial charge < -0.3 is 10.1 Å². The molecule has 1 heterocycles. The summed E-state index contributed by atoms with van der Waals surface area (Å²) in [6, 6.07) is 19.6. The number of alkyl halides is 3. The van der Waals surface area contributed by atoms with E-state index in [1.807, 2.05) is 0 Å². The number of carbonyl (C=O) groups is 3. The van der Waals surface area contributed by atoms with E-state index in [0.717, 1.165) is 17.7 Å². The van der Waals surface area contributed by atoms with Crippen molar-refractivity contribution in [2.75, 3.05) is 17.3 Å². The van der Waals surface area contributed by atoms with E-state index in [1.54, 1.807) is 75.6 Å². The Bertz CT molecular complexity index is 1560. The van der Waals surface area contributed by atoms with Gasteiger partial charge in [-0.15, -0.1) is 13.2 Å². The quantitative estimate of drug-likeness (QED) is 0.263. The summed E-state index contributed by atoms with van der Waals surface area (Å²) < 4.78 is 45.0. The average Bonchev–Trinajstić information content (AvgIpc) is 3.23. The van der Waals surface area contributed by atoms with Gasteiger partial charge in [0.1, 0.15) is 11.6 Å². The van der Waals surface area contributed by atoms with Gasteiger partial charge in [0.15, 0.2) is 0 Å². The second-order valence-corrected chi connectivity index (χ2v) is 9.52. The fraction of sp³-hybridized carbons (Fsp3) is 0.143. The van der Waals surface area contributed by atoms with Crippen molar-refractivity contribution in [1.29, 1.82) is 0 Å². The number of nitrogens with zero attached hydrogens (tertiary/aromatic N) is 3. The van der Waals surface area contributed by atoms with Crippen molar-refractivity contribution >= 4 is 40.5 Å². The fourth-order valence-electron chi connectivity index (χ4n) is 3.82. The number of carbonyl (C=O) groups excluding carboxylic acids is 3. The first-order valence-electron chi connectivity index (χ1n) is 12.0. The molecule has 212 valence electrons. The minimum atomic E-state index is -4.83. The summed E-state index contributed by atoms with van der Waals surface area (Å²) in [5.41, 5.74) is 3.14. The minimum absolute atomic E-state index is 0.135. The van der Waals surface area contributed by atoms with Gasteiger partial charge in [-0.3, -0.25) is 23.9 Å². The molecule has 3 amide bonds. The zero-order valence-electron chi connectivity index (χ0n) is 22.0. The van der Waals surface area contributed by atoms with Crippen molar-refractivity contribution in [2.45, 2.75) is 13.3 Å². The minimum Gasteiger partial charge on any atom is -0.406 e. The van der Waals surface area contributed by atoms with E-state index in [-0.39, 0.29) is 10.7 Å². The first-order chi connectivity index (χ1) is 19.4. The van der Waals surface area contributed by atoms with Crippen LogP contribution in [0.4, 0.5) is 29.5 Å². The number of aryl methyl sites for hydroxylation is 1. The zero-order valence-corrected chi connectivity index (χ0v) is 22.8. The Kier molecular flexibility index (Phi) is 8.67. The molecule has 0 bridgehead atoms. The third-order valence-corrected chi connectivity index (χ3v) is 6.64. The van der Waals surface area contributed by atoms with Gasteiger partial charge in [0.25, 0.3) is 5.91 Å². The molecular formula is C28H24F3N5O4S. The lowest BCUT2D eigenvalue weighted by molar-refractivity contribution is -0.274. The summed E-state index contributed by atoms with van der Waals surface area (Å²) >= 11 is 0.694. The largest absolute Gasteiger partial charge is 0.573 e. The molecule has 9 nitrogen and oxygen atoms in total. The topological polar surface area (TPSA) is 106 Å². The number of hydrogen-bond acceptors (Lipinski definition) is 6. The van der Waals surface area contributed by atoms with E-state index >= 15 is 0 Å². The Morgan fingerprint density at radius 3 is 2.17 bits per heavy atom. The molecule has 0 aliphatic carbocycles. The van der Waals surface area contributed by atoms with E-state index in [1.165, 1.54) is 21.7 Å².